The van der Waals surface area contributed by atoms with Crippen LogP contribution >= 0.6 is 0 Å². The summed E-state index contributed by atoms with van der Waals surface area (Å²) in [6.45, 7) is 2.27. The summed E-state index contributed by atoms with van der Waals surface area (Å²) in [6.07, 6.45) is -2.40. The molecule has 0 aliphatic carbocycles. The van der Waals surface area contributed by atoms with Crippen LogP contribution in [0.15, 0.2) is 53.7 Å². The van der Waals surface area contributed by atoms with Gasteiger partial charge in [-0.05, 0) is 23.6 Å². The predicted molar refractivity (Wildman–Crippen MR) is 79.6 cm³/mol. The molecule has 0 N–H and O–H groups in total. The molecule has 0 unspecified atom stereocenters. The Morgan fingerprint density at radius 3 is 2.50 bits per heavy atom. The van der Waals surface area contributed by atoms with Crippen molar-refractivity contribution in [3.8, 4) is 0 Å². The van der Waals surface area contributed by atoms with Crippen molar-refractivity contribution in [3.05, 3.63) is 70.8 Å². The van der Waals surface area contributed by atoms with Gasteiger partial charge < -0.3 is 4.84 Å². The van der Waals surface area contributed by atoms with Crippen LogP contribution in [0.2, 0.25) is 0 Å². The maximum Gasteiger partial charge on any atom is 0.417 e. The Kier molecular flexibility index (Phi) is 5.20. The van der Waals surface area contributed by atoms with E-state index in [1.54, 1.807) is 0 Å². The number of aryl methyl sites for hydroxylation is 1. The van der Waals surface area contributed by atoms with Gasteiger partial charge in [0.1, 0.15) is 6.61 Å². The standard InChI is InChI=1S/C17H16F3NO/c1-2-13-6-5-7-14(10-13)12-22-21-11-15-8-3-4-9-16(15)17(18,19)20/h3-11H,2,12H2,1H3. The summed E-state index contributed by atoms with van der Waals surface area (Å²) in [7, 11) is 0. The average molecular weight is 307 g/mol. The van der Waals surface area contributed by atoms with Gasteiger partial charge in [0.05, 0.1) is 11.8 Å². The van der Waals surface area contributed by atoms with E-state index in [9.17, 15) is 13.2 Å². The predicted octanol–water partition coefficient (Wildman–Crippen LogP) is 4.82. The smallest absolute Gasteiger partial charge is 0.391 e. The fourth-order valence-corrected chi connectivity index (χ4v) is 2.01. The minimum absolute atomic E-state index is 0.0164. The van der Waals surface area contributed by atoms with Crippen molar-refractivity contribution in [1.29, 1.82) is 0 Å². The van der Waals surface area contributed by atoms with E-state index in [4.69, 9.17) is 4.84 Å². The highest BCUT2D eigenvalue weighted by Crippen LogP contribution is 2.31. The molecule has 0 heterocycles. The first-order valence-corrected chi connectivity index (χ1v) is 6.90. The van der Waals surface area contributed by atoms with Crippen LogP contribution in [-0.4, -0.2) is 6.21 Å². The van der Waals surface area contributed by atoms with Crippen LogP contribution in [0.3, 0.4) is 0 Å². The maximum absolute atomic E-state index is 12.8. The zero-order valence-electron chi connectivity index (χ0n) is 12.1. The number of hydrogen-bond donors (Lipinski definition) is 0. The van der Waals surface area contributed by atoms with E-state index in [0.717, 1.165) is 24.3 Å². The van der Waals surface area contributed by atoms with Crippen molar-refractivity contribution in [1.82, 2.24) is 0 Å². The summed E-state index contributed by atoms with van der Waals surface area (Å²) in [5.74, 6) is 0. The molecule has 2 aromatic rings. The molecule has 2 rings (SSSR count). The van der Waals surface area contributed by atoms with E-state index in [1.807, 2.05) is 31.2 Å². The lowest BCUT2D eigenvalue weighted by atomic mass is 10.1. The molecule has 116 valence electrons. The van der Waals surface area contributed by atoms with Gasteiger partial charge in [-0.2, -0.15) is 13.2 Å². The lowest BCUT2D eigenvalue weighted by Gasteiger charge is -2.09. The van der Waals surface area contributed by atoms with Gasteiger partial charge in [-0.25, -0.2) is 0 Å². The van der Waals surface area contributed by atoms with E-state index in [2.05, 4.69) is 5.16 Å². The van der Waals surface area contributed by atoms with Crippen molar-refractivity contribution in [2.75, 3.05) is 0 Å². The van der Waals surface area contributed by atoms with Gasteiger partial charge in [0.2, 0.25) is 0 Å². The van der Waals surface area contributed by atoms with Gasteiger partial charge in [0.25, 0.3) is 0 Å². The van der Waals surface area contributed by atoms with Gasteiger partial charge in [0.15, 0.2) is 0 Å². The second kappa shape index (κ2) is 7.11. The molecule has 0 radical (unpaired) electrons. The average Bonchev–Trinajstić information content (AvgIpc) is 2.51. The second-order valence-corrected chi connectivity index (χ2v) is 4.77. The fraction of sp³-hybridized carbons (Fsp3) is 0.235. The van der Waals surface area contributed by atoms with Crippen LogP contribution in [0.4, 0.5) is 13.2 Å². The largest absolute Gasteiger partial charge is 0.417 e. The molecule has 0 atom stereocenters. The van der Waals surface area contributed by atoms with E-state index >= 15 is 0 Å². The molecule has 0 saturated heterocycles. The van der Waals surface area contributed by atoms with Gasteiger partial charge in [-0.3, -0.25) is 0 Å². The molecule has 0 saturated carbocycles. The number of rotatable bonds is 5. The molecular formula is C17H16F3NO. The van der Waals surface area contributed by atoms with Crippen molar-refractivity contribution in [3.63, 3.8) is 0 Å². The molecule has 0 aliphatic rings. The third kappa shape index (κ3) is 4.35. The highest BCUT2D eigenvalue weighted by Gasteiger charge is 2.32. The lowest BCUT2D eigenvalue weighted by molar-refractivity contribution is -0.137. The minimum Gasteiger partial charge on any atom is -0.391 e. The molecule has 0 amide bonds. The molecule has 0 aromatic heterocycles. The number of halogens is 3. The second-order valence-electron chi connectivity index (χ2n) is 4.77. The Hall–Kier alpha value is -2.30. The van der Waals surface area contributed by atoms with Gasteiger partial charge in [-0.1, -0.05) is 54.5 Å². The number of nitrogens with zero attached hydrogens (tertiary/aromatic N) is 1. The summed E-state index contributed by atoms with van der Waals surface area (Å²) in [6, 6.07) is 13.0. The summed E-state index contributed by atoms with van der Waals surface area (Å²) in [5, 5.41) is 3.64. The highest BCUT2D eigenvalue weighted by molar-refractivity contribution is 5.81. The van der Waals surface area contributed by atoms with Crippen molar-refractivity contribution < 1.29 is 18.0 Å². The first-order valence-electron chi connectivity index (χ1n) is 6.90. The zero-order chi connectivity index (χ0) is 16.0. The molecule has 0 fully saturated rings. The van der Waals surface area contributed by atoms with Crippen LogP contribution in [0.1, 0.15) is 29.2 Å². The van der Waals surface area contributed by atoms with Crippen molar-refractivity contribution >= 4 is 6.21 Å². The Morgan fingerprint density at radius 1 is 1.05 bits per heavy atom. The molecule has 22 heavy (non-hydrogen) atoms. The number of oxime groups is 1. The number of alkyl halides is 3. The molecular weight excluding hydrogens is 291 g/mol. The normalized spacial score (nSPS) is 11.8. The third-order valence-corrected chi connectivity index (χ3v) is 3.16. The van der Waals surface area contributed by atoms with Gasteiger partial charge in [0, 0.05) is 5.56 Å². The molecule has 5 heteroatoms. The molecule has 0 spiro atoms. The zero-order valence-corrected chi connectivity index (χ0v) is 12.1. The third-order valence-electron chi connectivity index (χ3n) is 3.16. The monoisotopic (exact) mass is 307 g/mol. The molecule has 0 aliphatic heterocycles. The molecule has 2 aromatic carbocycles. The van der Waals surface area contributed by atoms with Crippen LogP contribution in [-0.2, 0) is 24.0 Å². The summed E-state index contributed by atoms with van der Waals surface area (Å²) in [4.78, 5) is 5.09. The summed E-state index contributed by atoms with van der Waals surface area (Å²) in [5.41, 5.74) is 1.36. The molecule has 2 nitrogen and oxygen atoms in total. The topological polar surface area (TPSA) is 21.6 Å². The quantitative estimate of drug-likeness (QED) is 0.573. The Balaban J connectivity index is 2.01. The van der Waals surface area contributed by atoms with Gasteiger partial charge in [-0.15, -0.1) is 0 Å². The first kappa shape index (κ1) is 16.1. The summed E-state index contributed by atoms with van der Waals surface area (Å²) < 4.78 is 38.4. The van der Waals surface area contributed by atoms with Crippen LogP contribution in [0.25, 0.3) is 0 Å². The maximum atomic E-state index is 12.8. The SMILES string of the molecule is CCc1cccc(CON=Cc2ccccc2C(F)(F)F)c1. The van der Waals surface area contributed by atoms with Crippen molar-refractivity contribution in [2.24, 2.45) is 5.16 Å². The lowest BCUT2D eigenvalue weighted by Crippen LogP contribution is -2.08. The van der Waals surface area contributed by atoms with E-state index in [1.165, 1.54) is 23.8 Å². The molecule has 0 bridgehead atoms. The Morgan fingerprint density at radius 2 is 1.77 bits per heavy atom. The first-order chi connectivity index (χ1) is 10.5. The van der Waals surface area contributed by atoms with Crippen molar-refractivity contribution in [2.45, 2.75) is 26.1 Å². The van der Waals surface area contributed by atoms with Gasteiger partial charge >= 0.3 is 6.18 Å². The van der Waals surface area contributed by atoms with E-state index in [0.29, 0.717) is 0 Å². The van der Waals surface area contributed by atoms with E-state index < -0.39 is 11.7 Å². The highest BCUT2D eigenvalue weighted by atomic mass is 19.4. The fourth-order valence-electron chi connectivity index (χ4n) is 2.01. The van der Waals surface area contributed by atoms with Crippen LogP contribution < -0.4 is 0 Å². The number of benzene rings is 2. The van der Waals surface area contributed by atoms with E-state index in [-0.39, 0.29) is 12.2 Å². The Labute approximate surface area is 127 Å². The van der Waals surface area contributed by atoms with Crippen LogP contribution in [0, 0.1) is 0 Å². The number of hydrogen-bond acceptors (Lipinski definition) is 2. The minimum atomic E-state index is -4.40. The summed E-state index contributed by atoms with van der Waals surface area (Å²) >= 11 is 0. The Bertz CT molecular complexity index is 650. The van der Waals surface area contributed by atoms with Crippen LogP contribution in [0.5, 0.6) is 0 Å².